The number of ether oxygens (including phenoxy) is 1. The van der Waals surface area contributed by atoms with Crippen molar-refractivity contribution in [2.75, 3.05) is 20.2 Å². The molecule has 1 aromatic rings. The molecule has 0 bridgehead atoms. The second-order valence-corrected chi connectivity index (χ2v) is 3.50. The number of nitrogens with one attached hydrogen (secondary N) is 1. The van der Waals surface area contributed by atoms with Gasteiger partial charge >= 0.3 is 0 Å². The number of nitrogens with zero attached hydrogens (tertiary/aromatic N) is 2. The lowest BCUT2D eigenvalue weighted by molar-refractivity contribution is 0.397. The maximum atomic E-state index is 7.95. The quantitative estimate of drug-likeness (QED) is 0.610. The largest absolute Gasteiger partial charge is 0.481 e. The van der Waals surface area contributed by atoms with Crippen LogP contribution in [0.1, 0.15) is 19.4 Å². The third-order valence-electron chi connectivity index (χ3n) is 2.52. The fraction of sp³-hybridized carbons (Fsp3) is 0.500. The summed E-state index contributed by atoms with van der Waals surface area (Å²) in [6.45, 7) is 5.87. The number of aromatic nitrogens is 1. The summed E-state index contributed by atoms with van der Waals surface area (Å²) >= 11 is 0. The molecule has 0 fully saturated rings. The van der Waals surface area contributed by atoms with Crippen molar-refractivity contribution >= 4 is 5.84 Å². The van der Waals surface area contributed by atoms with Crippen LogP contribution in [-0.4, -0.2) is 35.9 Å². The predicted molar refractivity (Wildman–Crippen MR) is 65.1 cm³/mol. The smallest absolute Gasteiger partial charge is 0.212 e. The second kappa shape index (κ2) is 6.10. The minimum absolute atomic E-state index is 0.609. The first-order chi connectivity index (χ1) is 7.71. The predicted octanol–water partition coefficient (Wildman–Crippen LogP) is 1.95. The summed E-state index contributed by atoms with van der Waals surface area (Å²) in [4.78, 5) is 6.16. The number of hydrogen-bond donors (Lipinski definition) is 1. The van der Waals surface area contributed by atoms with Gasteiger partial charge in [-0.2, -0.15) is 0 Å². The van der Waals surface area contributed by atoms with Crippen molar-refractivity contribution in [3.8, 4) is 5.88 Å². The van der Waals surface area contributed by atoms with E-state index < -0.39 is 0 Å². The summed E-state index contributed by atoms with van der Waals surface area (Å²) in [5, 5.41) is 7.95. The molecule has 0 aliphatic carbocycles. The van der Waals surface area contributed by atoms with Crippen LogP contribution in [0.15, 0.2) is 18.3 Å². The molecule has 1 heterocycles. The Morgan fingerprint density at radius 3 is 2.50 bits per heavy atom. The zero-order valence-electron chi connectivity index (χ0n) is 10.2. The van der Waals surface area contributed by atoms with E-state index in [2.05, 4.69) is 18.8 Å². The molecular weight excluding hydrogens is 202 g/mol. The van der Waals surface area contributed by atoms with Crippen LogP contribution in [0.25, 0.3) is 0 Å². The highest BCUT2D eigenvalue weighted by molar-refractivity contribution is 5.81. The van der Waals surface area contributed by atoms with Crippen LogP contribution in [0.4, 0.5) is 0 Å². The highest BCUT2D eigenvalue weighted by Gasteiger charge is 2.06. The summed E-state index contributed by atoms with van der Waals surface area (Å²) in [6, 6.07) is 3.77. The molecule has 1 N–H and O–H groups in total. The van der Waals surface area contributed by atoms with Crippen molar-refractivity contribution < 1.29 is 4.74 Å². The molecule has 0 saturated carbocycles. The van der Waals surface area contributed by atoms with Crippen LogP contribution in [0.2, 0.25) is 0 Å². The van der Waals surface area contributed by atoms with Crippen LogP contribution < -0.4 is 4.74 Å². The Morgan fingerprint density at radius 1 is 1.38 bits per heavy atom. The molecule has 4 heteroatoms. The van der Waals surface area contributed by atoms with Gasteiger partial charge in [-0.05, 0) is 19.4 Å². The molecule has 1 aromatic heterocycles. The minimum Gasteiger partial charge on any atom is -0.481 e. The first-order valence-corrected chi connectivity index (χ1v) is 5.52. The number of rotatable bonds is 5. The van der Waals surface area contributed by atoms with E-state index in [1.165, 1.54) is 0 Å². The van der Waals surface area contributed by atoms with Gasteiger partial charge in [0, 0.05) is 31.8 Å². The number of hydrogen-bond acceptors (Lipinski definition) is 3. The number of likely N-dealkylation sites (N-methyl/N-ethyl adjacent to an activating group) is 1. The second-order valence-electron chi connectivity index (χ2n) is 3.50. The third kappa shape index (κ3) is 3.22. The Balaban J connectivity index is 2.62. The van der Waals surface area contributed by atoms with Crippen molar-refractivity contribution in [1.29, 1.82) is 5.41 Å². The Kier molecular flexibility index (Phi) is 4.76. The average Bonchev–Trinajstić information content (AvgIpc) is 2.31. The molecule has 1 rings (SSSR count). The number of methoxy groups -OCH3 is 1. The number of amidine groups is 1. The Hall–Kier alpha value is -1.58. The molecule has 4 nitrogen and oxygen atoms in total. The Morgan fingerprint density at radius 2 is 2.06 bits per heavy atom. The molecule has 0 aliphatic heterocycles. The molecule has 0 radical (unpaired) electrons. The highest BCUT2D eigenvalue weighted by atomic mass is 16.5. The van der Waals surface area contributed by atoms with Gasteiger partial charge in [-0.25, -0.2) is 4.98 Å². The van der Waals surface area contributed by atoms with E-state index in [-0.39, 0.29) is 0 Å². The molecule has 0 atom stereocenters. The van der Waals surface area contributed by atoms with Gasteiger partial charge in [-0.3, -0.25) is 5.41 Å². The first-order valence-electron chi connectivity index (χ1n) is 5.52. The molecular formula is C12H19N3O. The molecule has 0 aromatic carbocycles. The van der Waals surface area contributed by atoms with Crippen molar-refractivity contribution in [3.05, 3.63) is 23.9 Å². The average molecular weight is 221 g/mol. The van der Waals surface area contributed by atoms with E-state index in [0.717, 1.165) is 18.7 Å². The normalized spacial score (nSPS) is 9.94. The topological polar surface area (TPSA) is 49.2 Å². The van der Waals surface area contributed by atoms with E-state index in [9.17, 15) is 0 Å². The van der Waals surface area contributed by atoms with E-state index in [1.54, 1.807) is 13.3 Å². The van der Waals surface area contributed by atoms with Gasteiger partial charge in [0.15, 0.2) is 0 Å². The Labute approximate surface area is 96.8 Å². The van der Waals surface area contributed by atoms with E-state index in [1.807, 2.05) is 17.0 Å². The summed E-state index contributed by atoms with van der Waals surface area (Å²) < 4.78 is 4.99. The fourth-order valence-corrected chi connectivity index (χ4v) is 1.55. The van der Waals surface area contributed by atoms with E-state index in [0.29, 0.717) is 18.1 Å². The van der Waals surface area contributed by atoms with Crippen molar-refractivity contribution in [2.24, 2.45) is 0 Å². The van der Waals surface area contributed by atoms with Crippen LogP contribution in [0.5, 0.6) is 5.88 Å². The highest BCUT2D eigenvalue weighted by Crippen LogP contribution is 2.08. The van der Waals surface area contributed by atoms with Gasteiger partial charge < -0.3 is 9.64 Å². The minimum atomic E-state index is 0.609. The monoisotopic (exact) mass is 221 g/mol. The van der Waals surface area contributed by atoms with Gasteiger partial charge in [0.05, 0.1) is 7.11 Å². The summed E-state index contributed by atoms with van der Waals surface area (Å²) in [7, 11) is 1.60. The van der Waals surface area contributed by atoms with Crippen LogP contribution in [-0.2, 0) is 6.42 Å². The first kappa shape index (κ1) is 12.5. The number of pyridine rings is 1. The van der Waals surface area contributed by atoms with Gasteiger partial charge in [0.2, 0.25) is 5.88 Å². The standard InChI is InChI=1S/C12H19N3O/c1-4-15(5-2)11(13)8-10-6-7-12(16-3)14-9-10/h6-7,9,13H,4-5,8H2,1-3H3. The van der Waals surface area contributed by atoms with Crippen molar-refractivity contribution in [2.45, 2.75) is 20.3 Å². The summed E-state index contributed by atoms with van der Waals surface area (Å²) in [6.07, 6.45) is 2.38. The molecule has 16 heavy (non-hydrogen) atoms. The molecule has 0 saturated heterocycles. The molecule has 88 valence electrons. The van der Waals surface area contributed by atoms with Gasteiger partial charge in [-0.1, -0.05) is 6.07 Å². The SMILES string of the molecule is CCN(CC)C(=N)Cc1ccc(OC)nc1. The van der Waals surface area contributed by atoms with Crippen LogP contribution in [0, 0.1) is 5.41 Å². The van der Waals surface area contributed by atoms with Crippen molar-refractivity contribution in [3.63, 3.8) is 0 Å². The van der Waals surface area contributed by atoms with E-state index in [4.69, 9.17) is 10.1 Å². The maximum absolute atomic E-state index is 7.95. The summed E-state index contributed by atoms with van der Waals surface area (Å²) in [5.41, 5.74) is 1.04. The van der Waals surface area contributed by atoms with E-state index >= 15 is 0 Å². The van der Waals surface area contributed by atoms with Gasteiger partial charge in [0.25, 0.3) is 0 Å². The Bertz CT molecular complexity index is 331. The maximum Gasteiger partial charge on any atom is 0.212 e. The third-order valence-corrected chi connectivity index (χ3v) is 2.52. The van der Waals surface area contributed by atoms with Crippen molar-refractivity contribution in [1.82, 2.24) is 9.88 Å². The summed E-state index contributed by atoms with van der Waals surface area (Å²) in [5.74, 6) is 1.25. The lowest BCUT2D eigenvalue weighted by Gasteiger charge is -2.21. The zero-order chi connectivity index (χ0) is 12.0. The lowest BCUT2D eigenvalue weighted by atomic mass is 10.2. The zero-order valence-corrected chi connectivity index (χ0v) is 10.2. The molecule has 0 unspecified atom stereocenters. The molecule has 0 spiro atoms. The fourth-order valence-electron chi connectivity index (χ4n) is 1.55. The lowest BCUT2D eigenvalue weighted by Crippen LogP contribution is -2.31. The molecule has 0 amide bonds. The van der Waals surface area contributed by atoms with Gasteiger partial charge in [0.1, 0.15) is 5.84 Å². The van der Waals surface area contributed by atoms with Crippen LogP contribution in [0.3, 0.4) is 0 Å². The molecule has 0 aliphatic rings. The van der Waals surface area contributed by atoms with Gasteiger partial charge in [-0.15, -0.1) is 0 Å². The van der Waals surface area contributed by atoms with Crippen LogP contribution >= 0.6 is 0 Å².